The van der Waals surface area contributed by atoms with Crippen LogP contribution in [-0.2, 0) is 43.6 Å². The summed E-state index contributed by atoms with van der Waals surface area (Å²) in [5.74, 6) is -0.861. The number of rotatable bonds is 10. The van der Waals surface area contributed by atoms with Gasteiger partial charge in [-0.1, -0.05) is 84.6 Å². The summed E-state index contributed by atoms with van der Waals surface area (Å²) in [7, 11) is 2.94. The first-order valence-corrected chi connectivity index (χ1v) is 16.1. The monoisotopic (exact) mass is 622 g/mol. The SMILES string of the molecule is COC(=O)C(=O)Nc1ccc(C2(OCc3ccccc3)Sc3ccccc3C2Cc2ccc(CN3CCCC3)c(OC)c2)cc1. The quantitative estimate of drug-likeness (QED) is 0.152. The highest BCUT2D eigenvalue weighted by atomic mass is 32.2. The van der Waals surface area contributed by atoms with Gasteiger partial charge >= 0.3 is 11.9 Å². The fourth-order valence-corrected chi connectivity index (χ4v) is 7.83. The largest absolute Gasteiger partial charge is 0.496 e. The zero-order valence-electron chi connectivity index (χ0n) is 25.7. The van der Waals surface area contributed by atoms with E-state index in [1.54, 1.807) is 31.0 Å². The normalized spacial score (nSPS) is 19.2. The molecule has 45 heavy (non-hydrogen) atoms. The van der Waals surface area contributed by atoms with Gasteiger partial charge in [0.25, 0.3) is 0 Å². The fraction of sp³-hybridized carbons (Fsp3) is 0.297. The molecule has 0 spiro atoms. The topological polar surface area (TPSA) is 77.1 Å². The molecule has 2 atom stereocenters. The standard InChI is InChI=1S/C37H38N2O5S/c1-42-33-23-27(14-15-28(33)24-39-20-8-9-21-39)22-32-31-12-6-7-13-34(31)45-37(32,44-25-26-10-4-3-5-11-26)29-16-18-30(19-17-29)38-35(40)36(41)43-2/h3-7,10-19,23,32H,8-9,20-22,24-25H2,1-2H3,(H,38,40). The summed E-state index contributed by atoms with van der Waals surface area (Å²) < 4.78 is 17.5. The van der Waals surface area contributed by atoms with Crippen LogP contribution in [0.3, 0.4) is 0 Å². The van der Waals surface area contributed by atoms with Gasteiger partial charge in [-0.15, -0.1) is 0 Å². The number of thioether (sulfide) groups is 1. The van der Waals surface area contributed by atoms with Gasteiger partial charge in [0.05, 0.1) is 20.8 Å². The van der Waals surface area contributed by atoms with Crippen LogP contribution in [0.5, 0.6) is 5.75 Å². The Morgan fingerprint density at radius 2 is 1.62 bits per heavy atom. The Kier molecular flexibility index (Phi) is 9.54. The molecule has 1 amide bonds. The molecule has 8 heteroatoms. The number of hydrogen-bond acceptors (Lipinski definition) is 7. The van der Waals surface area contributed by atoms with Gasteiger partial charge in [-0.05, 0) is 78.9 Å². The van der Waals surface area contributed by atoms with Crippen molar-refractivity contribution in [3.05, 3.63) is 125 Å². The number of fused-ring (bicyclic) bond motifs is 1. The van der Waals surface area contributed by atoms with Crippen LogP contribution in [0, 0.1) is 0 Å². The summed E-state index contributed by atoms with van der Waals surface area (Å²) in [5, 5.41) is 2.61. The van der Waals surface area contributed by atoms with Gasteiger partial charge < -0.3 is 19.5 Å². The van der Waals surface area contributed by atoms with Gasteiger partial charge in [-0.25, -0.2) is 4.79 Å². The van der Waals surface area contributed by atoms with Gasteiger partial charge in [-0.3, -0.25) is 9.69 Å². The third kappa shape index (κ3) is 6.78. The van der Waals surface area contributed by atoms with Crippen LogP contribution in [0.2, 0.25) is 0 Å². The highest BCUT2D eigenvalue weighted by molar-refractivity contribution is 8.00. The van der Waals surface area contributed by atoms with E-state index in [4.69, 9.17) is 9.47 Å². The number of ether oxygens (including phenoxy) is 3. The first-order chi connectivity index (χ1) is 22.0. The molecule has 7 nitrogen and oxygen atoms in total. The Morgan fingerprint density at radius 1 is 0.889 bits per heavy atom. The number of nitrogens with zero attached hydrogens (tertiary/aromatic N) is 1. The van der Waals surface area contributed by atoms with Crippen LogP contribution in [0.4, 0.5) is 5.69 Å². The summed E-state index contributed by atoms with van der Waals surface area (Å²) in [6.07, 6.45) is 3.24. The number of anilines is 1. The number of likely N-dealkylation sites (tertiary alicyclic amines) is 1. The molecule has 2 aliphatic heterocycles. The van der Waals surface area contributed by atoms with E-state index >= 15 is 0 Å². The van der Waals surface area contributed by atoms with Crippen molar-refractivity contribution in [1.29, 1.82) is 0 Å². The molecule has 2 aliphatic rings. The first kappa shape index (κ1) is 30.9. The second-order valence-corrected chi connectivity index (χ2v) is 12.7. The van der Waals surface area contributed by atoms with E-state index in [0.717, 1.165) is 42.9 Å². The van der Waals surface area contributed by atoms with E-state index in [-0.39, 0.29) is 5.92 Å². The molecular weight excluding hydrogens is 584 g/mol. The molecule has 4 aromatic rings. The summed E-state index contributed by atoms with van der Waals surface area (Å²) in [4.78, 5) is 26.8. The van der Waals surface area contributed by atoms with Gasteiger partial charge in [0.15, 0.2) is 4.93 Å². The van der Waals surface area contributed by atoms with Crippen LogP contribution in [0.15, 0.2) is 102 Å². The maximum Gasteiger partial charge on any atom is 0.396 e. The molecule has 0 aliphatic carbocycles. The number of methoxy groups -OCH3 is 2. The number of hydrogen-bond donors (Lipinski definition) is 1. The third-order valence-corrected chi connectivity index (χ3v) is 10.1. The second-order valence-electron chi connectivity index (χ2n) is 11.5. The molecule has 0 bridgehead atoms. The second kappa shape index (κ2) is 13.9. The molecule has 2 unspecified atom stereocenters. The Labute approximate surface area is 268 Å². The minimum Gasteiger partial charge on any atom is -0.496 e. The van der Waals surface area contributed by atoms with Crippen molar-refractivity contribution in [2.24, 2.45) is 0 Å². The minimum atomic E-state index is -0.939. The molecule has 232 valence electrons. The zero-order valence-corrected chi connectivity index (χ0v) is 26.5. The van der Waals surface area contributed by atoms with Gasteiger partial charge in [-0.2, -0.15) is 0 Å². The summed E-state index contributed by atoms with van der Waals surface area (Å²) >= 11 is 1.72. The van der Waals surface area contributed by atoms with E-state index in [0.29, 0.717) is 12.3 Å². The lowest BCUT2D eigenvalue weighted by molar-refractivity contribution is -0.150. The summed E-state index contributed by atoms with van der Waals surface area (Å²) in [6, 6.07) is 32.9. The zero-order chi connectivity index (χ0) is 31.2. The molecule has 2 heterocycles. The molecule has 0 saturated carbocycles. The van der Waals surface area contributed by atoms with Crippen molar-refractivity contribution in [3.63, 3.8) is 0 Å². The van der Waals surface area contributed by atoms with Crippen LogP contribution in [-0.4, -0.2) is 44.1 Å². The van der Waals surface area contributed by atoms with Crippen LogP contribution >= 0.6 is 11.8 Å². The predicted octanol–water partition coefficient (Wildman–Crippen LogP) is 6.90. The Balaban J connectivity index is 1.36. The van der Waals surface area contributed by atoms with Crippen molar-refractivity contribution in [2.75, 3.05) is 32.6 Å². The van der Waals surface area contributed by atoms with Crippen molar-refractivity contribution < 1.29 is 23.8 Å². The molecule has 4 aromatic carbocycles. The molecule has 0 radical (unpaired) electrons. The fourth-order valence-electron chi connectivity index (χ4n) is 6.31. The van der Waals surface area contributed by atoms with Crippen molar-refractivity contribution in [1.82, 2.24) is 4.90 Å². The van der Waals surface area contributed by atoms with Crippen molar-refractivity contribution >= 4 is 29.3 Å². The maximum absolute atomic E-state index is 12.2. The summed E-state index contributed by atoms with van der Waals surface area (Å²) in [6.45, 7) is 3.59. The predicted molar refractivity (Wildman–Crippen MR) is 176 cm³/mol. The maximum atomic E-state index is 12.2. The average molecular weight is 623 g/mol. The number of carbonyl (C=O) groups excluding carboxylic acids is 2. The first-order valence-electron chi connectivity index (χ1n) is 15.3. The molecular formula is C37H38N2O5S. The van der Waals surface area contributed by atoms with Crippen LogP contribution < -0.4 is 10.1 Å². The van der Waals surface area contributed by atoms with Crippen molar-refractivity contribution in [3.8, 4) is 5.75 Å². The van der Waals surface area contributed by atoms with Crippen molar-refractivity contribution in [2.45, 2.75) is 48.2 Å². The Hall–Kier alpha value is -4.11. The van der Waals surface area contributed by atoms with E-state index in [1.807, 2.05) is 30.3 Å². The Morgan fingerprint density at radius 3 is 2.36 bits per heavy atom. The summed E-state index contributed by atoms with van der Waals surface area (Å²) in [5.41, 5.74) is 6.18. The molecule has 1 fully saturated rings. The Bertz CT molecular complexity index is 1640. The minimum absolute atomic E-state index is 0.0212. The number of amides is 1. The number of esters is 1. The lowest BCUT2D eigenvalue weighted by atomic mass is 9.83. The lowest BCUT2D eigenvalue weighted by Crippen LogP contribution is -2.31. The van der Waals surface area contributed by atoms with Gasteiger partial charge in [0.1, 0.15) is 5.75 Å². The van der Waals surface area contributed by atoms with E-state index < -0.39 is 16.8 Å². The number of benzene rings is 4. The molecule has 1 N–H and O–H groups in total. The molecule has 1 saturated heterocycles. The smallest absolute Gasteiger partial charge is 0.396 e. The number of carbonyl (C=O) groups is 2. The van der Waals surface area contributed by atoms with Gasteiger partial charge in [0, 0.05) is 28.6 Å². The average Bonchev–Trinajstić information content (AvgIpc) is 3.71. The molecule has 0 aromatic heterocycles. The van der Waals surface area contributed by atoms with Crippen LogP contribution in [0.1, 0.15) is 46.6 Å². The van der Waals surface area contributed by atoms with E-state index in [9.17, 15) is 9.59 Å². The third-order valence-electron chi connectivity index (χ3n) is 8.61. The highest BCUT2D eigenvalue weighted by Crippen LogP contribution is 2.61. The van der Waals surface area contributed by atoms with E-state index in [2.05, 4.69) is 69.6 Å². The lowest BCUT2D eigenvalue weighted by Gasteiger charge is -2.36. The van der Waals surface area contributed by atoms with Crippen LogP contribution in [0.25, 0.3) is 0 Å². The highest BCUT2D eigenvalue weighted by Gasteiger charge is 2.49. The van der Waals surface area contributed by atoms with E-state index in [1.165, 1.54) is 41.5 Å². The molecule has 6 rings (SSSR count). The number of nitrogens with one attached hydrogen (secondary N) is 1. The van der Waals surface area contributed by atoms with Gasteiger partial charge in [0.2, 0.25) is 0 Å².